The molecule has 21 heavy (non-hydrogen) atoms. The summed E-state index contributed by atoms with van der Waals surface area (Å²) in [5, 5.41) is 7.14. The summed E-state index contributed by atoms with van der Waals surface area (Å²) in [6, 6.07) is 9.69. The Balaban J connectivity index is 2.12. The third kappa shape index (κ3) is 2.82. The van der Waals surface area contributed by atoms with Crippen molar-refractivity contribution in [3.8, 4) is 22.0 Å². The van der Waals surface area contributed by atoms with Crippen LogP contribution in [0.5, 0.6) is 0 Å². The maximum absolute atomic E-state index is 11.2. The van der Waals surface area contributed by atoms with E-state index in [-0.39, 0.29) is 5.91 Å². The first-order valence-electron chi connectivity index (χ1n) is 6.28. The van der Waals surface area contributed by atoms with Gasteiger partial charge in [-0.25, -0.2) is 4.98 Å². The van der Waals surface area contributed by atoms with Crippen molar-refractivity contribution in [1.82, 2.24) is 15.1 Å². The van der Waals surface area contributed by atoms with E-state index in [1.54, 1.807) is 6.92 Å². The van der Waals surface area contributed by atoms with Crippen molar-refractivity contribution >= 4 is 22.4 Å². The third-order valence-corrected chi connectivity index (χ3v) is 3.65. The number of nitrogens with zero attached hydrogens (tertiary/aromatic N) is 3. The molecule has 3 rings (SSSR count). The molecule has 0 aliphatic heterocycles. The van der Waals surface area contributed by atoms with E-state index in [9.17, 15) is 4.79 Å². The number of carbonyl (C=O) groups is 1. The molecule has 1 aromatic carbocycles. The number of carbonyl (C=O) groups excluding carboxylic acids is 1. The summed E-state index contributed by atoms with van der Waals surface area (Å²) in [5.41, 5.74) is 1.66. The minimum absolute atomic E-state index is 0.167. The zero-order valence-corrected chi connectivity index (χ0v) is 12.3. The fourth-order valence-electron chi connectivity index (χ4n) is 1.86. The van der Waals surface area contributed by atoms with Crippen LogP contribution in [0.2, 0.25) is 0 Å². The van der Waals surface area contributed by atoms with Crippen LogP contribution >= 0.6 is 11.3 Å². The van der Waals surface area contributed by atoms with Crippen LogP contribution in [0.4, 0.5) is 5.13 Å². The van der Waals surface area contributed by atoms with E-state index in [1.807, 2.05) is 30.3 Å². The second-order valence-corrected chi connectivity index (χ2v) is 5.38. The largest absolute Gasteiger partial charge is 0.339 e. The highest BCUT2D eigenvalue weighted by atomic mass is 32.1. The number of thiazole rings is 1. The van der Waals surface area contributed by atoms with E-state index in [2.05, 4.69) is 20.4 Å². The molecule has 1 amide bonds. The van der Waals surface area contributed by atoms with Gasteiger partial charge in [0.1, 0.15) is 4.88 Å². The molecule has 106 valence electrons. The number of aryl methyl sites for hydroxylation is 1. The molecule has 0 bridgehead atoms. The average Bonchev–Trinajstić information content (AvgIpc) is 3.05. The topological polar surface area (TPSA) is 80.9 Å². The first-order chi connectivity index (χ1) is 10.1. The Bertz CT molecular complexity index is 779. The monoisotopic (exact) mass is 300 g/mol. The van der Waals surface area contributed by atoms with E-state index in [4.69, 9.17) is 4.52 Å². The molecule has 0 unspecified atom stereocenters. The first-order valence-corrected chi connectivity index (χ1v) is 7.09. The van der Waals surface area contributed by atoms with Gasteiger partial charge in [-0.3, -0.25) is 4.79 Å². The molecule has 0 atom stereocenters. The number of hydrogen-bond donors (Lipinski definition) is 1. The van der Waals surface area contributed by atoms with Gasteiger partial charge in [0.05, 0.1) is 5.69 Å². The Hall–Kier alpha value is -2.54. The minimum atomic E-state index is -0.167. The lowest BCUT2D eigenvalue weighted by atomic mass is 10.1. The van der Waals surface area contributed by atoms with Crippen molar-refractivity contribution in [2.75, 3.05) is 5.32 Å². The van der Waals surface area contributed by atoms with Crippen LogP contribution in [0, 0.1) is 6.92 Å². The van der Waals surface area contributed by atoms with E-state index < -0.39 is 0 Å². The van der Waals surface area contributed by atoms with E-state index in [0.29, 0.717) is 16.8 Å². The molecule has 7 heteroatoms. The highest BCUT2D eigenvalue weighted by Crippen LogP contribution is 2.37. The number of nitrogens with one attached hydrogen (secondary N) is 1. The Labute approximate surface area is 124 Å². The summed E-state index contributed by atoms with van der Waals surface area (Å²) < 4.78 is 5.03. The molecule has 0 saturated heterocycles. The molecule has 2 heterocycles. The SMILES string of the molecule is CC(=O)Nc1nc(-c2ccccc2)c(-c2noc(C)n2)s1. The average molecular weight is 300 g/mol. The fourth-order valence-corrected chi connectivity index (χ4v) is 2.82. The van der Waals surface area contributed by atoms with Gasteiger partial charge in [-0.1, -0.05) is 46.8 Å². The lowest BCUT2D eigenvalue weighted by Gasteiger charge is -1.98. The predicted octanol–water partition coefficient (Wildman–Crippen LogP) is 3.13. The van der Waals surface area contributed by atoms with E-state index in [1.165, 1.54) is 18.3 Å². The van der Waals surface area contributed by atoms with Crippen LogP contribution < -0.4 is 5.32 Å². The summed E-state index contributed by atoms with van der Waals surface area (Å²) in [6.45, 7) is 3.18. The molecule has 0 aliphatic rings. The van der Waals surface area contributed by atoms with Crippen molar-refractivity contribution in [3.05, 3.63) is 36.2 Å². The molecule has 0 aliphatic carbocycles. The van der Waals surface area contributed by atoms with Gasteiger partial charge in [0, 0.05) is 19.4 Å². The molecular weight excluding hydrogens is 288 g/mol. The Morgan fingerprint density at radius 1 is 1.24 bits per heavy atom. The zero-order chi connectivity index (χ0) is 14.8. The number of amides is 1. The van der Waals surface area contributed by atoms with Crippen LogP contribution in [0.15, 0.2) is 34.9 Å². The van der Waals surface area contributed by atoms with E-state index in [0.717, 1.165) is 16.1 Å². The van der Waals surface area contributed by atoms with Crippen LogP contribution in [0.3, 0.4) is 0 Å². The summed E-state index contributed by atoms with van der Waals surface area (Å²) in [4.78, 5) is 20.7. The van der Waals surface area contributed by atoms with Gasteiger partial charge in [-0.15, -0.1) is 0 Å². The number of anilines is 1. The van der Waals surface area contributed by atoms with Gasteiger partial charge >= 0.3 is 0 Å². The smallest absolute Gasteiger partial charge is 0.223 e. The number of aromatic nitrogens is 3. The van der Waals surface area contributed by atoms with Crippen LogP contribution in [-0.4, -0.2) is 21.0 Å². The van der Waals surface area contributed by atoms with Gasteiger partial charge in [0.25, 0.3) is 0 Å². The molecule has 1 N–H and O–H groups in total. The van der Waals surface area contributed by atoms with Crippen molar-refractivity contribution in [2.45, 2.75) is 13.8 Å². The molecular formula is C14H12N4O2S. The van der Waals surface area contributed by atoms with Gasteiger partial charge in [-0.2, -0.15) is 4.98 Å². The van der Waals surface area contributed by atoms with Crippen molar-refractivity contribution in [3.63, 3.8) is 0 Å². The number of rotatable bonds is 3. The lowest BCUT2D eigenvalue weighted by molar-refractivity contribution is -0.114. The van der Waals surface area contributed by atoms with Crippen molar-refractivity contribution < 1.29 is 9.32 Å². The number of hydrogen-bond acceptors (Lipinski definition) is 6. The third-order valence-electron chi connectivity index (χ3n) is 2.69. The Morgan fingerprint density at radius 3 is 2.62 bits per heavy atom. The standard InChI is InChI=1S/C14H12N4O2S/c1-8(19)15-14-17-11(10-6-4-3-5-7-10)12(21-14)13-16-9(2)20-18-13/h3-7H,1-2H3,(H,15,17,19). The summed E-state index contributed by atoms with van der Waals surface area (Å²) >= 11 is 1.32. The second kappa shape index (κ2) is 5.45. The second-order valence-electron chi connectivity index (χ2n) is 4.38. The first kappa shape index (κ1) is 13.4. The lowest BCUT2D eigenvalue weighted by Crippen LogP contribution is -2.04. The van der Waals surface area contributed by atoms with Gasteiger partial charge in [0.15, 0.2) is 5.13 Å². The predicted molar refractivity (Wildman–Crippen MR) is 79.9 cm³/mol. The summed E-state index contributed by atoms with van der Waals surface area (Å²) in [6.07, 6.45) is 0. The molecule has 0 spiro atoms. The molecule has 6 nitrogen and oxygen atoms in total. The Kier molecular flexibility index (Phi) is 3.49. The highest BCUT2D eigenvalue weighted by molar-refractivity contribution is 7.19. The van der Waals surface area contributed by atoms with Crippen molar-refractivity contribution in [2.24, 2.45) is 0 Å². The zero-order valence-electron chi connectivity index (χ0n) is 11.5. The minimum Gasteiger partial charge on any atom is -0.339 e. The molecule has 2 aromatic heterocycles. The Morgan fingerprint density at radius 2 is 2.00 bits per heavy atom. The maximum atomic E-state index is 11.2. The van der Waals surface area contributed by atoms with Gasteiger partial charge in [-0.05, 0) is 0 Å². The normalized spacial score (nSPS) is 10.6. The van der Waals surface area contributed by atoms with Gasteiger partial charge < -0.3 is 9.84 Å². The summed E-state index contributed by atoms with van der Waals surface area (Å²) in [5.74, 6) is 0.790. The molecule has 0 fully saturated rings. The highest BCUT2D eigenvalue weighted by Gasteiger charge is 2.19. The molecule has 0 saturated carbocycles. The maximum Gasteiger partial charge on any atom is 0.223 e. The van der Waals surface area contributed by atoms with Crippen molar-refractivity contribution in [1.29, 1.82) is 0 Å². The van der Waals surface area contributed by atoms with Gasteiger partial charge in [0.2, 0.25) is 17.6 Å². The molecule has 0 radical (unpaired) electrons. The fraction of sp³-hybridized carbons (Fsp3) is 0.143. The van der Waals surface area contributed by atoms with Crippen LogP contribution in [-0.2, 0) is 4.79 Å². The quantitative estimate of drug-likeness (QED) is 0.803. The molecule has 3 aromatic rings. The van der Waals surface area contributed by atoms with Crippen LogP contribution in [0.25, 0.3) is 22.0 Å². The van der Waals surface area contributed by atoms with Crippen LogP contribution in [0.1, 0.15) is 12.8 Å². The number of benzene rings is 1. The van der Waals surface area contributed by atoms with E-state index >= 15 is 0 Å². The summed E-state index contributed by atoms with van der Waals surface area (Å²) in [7, 11) is 0.